The number of hydrogen-bond donors (Lipinski definition) is 2. The van der Waals surface area contributed by atoms with Crippen LogP contribution in [-0.4, -0.2) is 41.5 Å². The number of amides is 1. The molecule has 0 unspecified atom stereocenters. The largest absolute Gasteiger partial charge is 0.465 e. The molecule has 1 rings (SSSR count). The number of rotatable bonds is 7. The van der Waals surface area contributed by atoms with Gasteiger partial charge in [0.1, 0.15) is 16.0 Å². The molecule has 0 aromatic carbocycles. The number of ether oxygens (including phenoxy) is 2. The van der Waals surface area contributed by atoms with E-state index in [1.807, 2.05) is 0 Å². The number of hydrogen-bond acceptors (Lipinski definition) is 7. The van der Waals surface area contributed by atoms with Crippen molar-refractivity contribution < 1.29 is 23.9 Å². The maximum atomic E-state index is 12.2. The van der Waals surface area contributed by atoms with Crippen LogP contribution in [0.2, 0.25) is 0 Å². The number of alkyl halides is 3. The molecular formula is C16H21Cl3N2O5S. The number of anilines is 1. The fraction of sp³-hybridized carbons (Fsp3) is 0.562. The lowest BCUT2D eigenvalue weighted by Gasteiger charge is -2.27. The molecule has 0 radical (unpaired) electrons. The predicted molar refractivity (Wildman–Crippen MR) is 107 cm³/mol. The molecule has 0 fully saturated rings. The first-order valence-corrected chi connectivity index (χ1v) is 9.91. The number of nitrogens with one attached hydrogen (secondary N) is 2. The number of halogens is 3. The van der Waals surface area contributed by atoms with Gasteiger partial charge in [-0.2, -0.15) is 0 Å². The van der Waals surface area contributed by atoms with E-state index in [4.69, 9.17) is 44.3 Å². The van der Waals surface area contributed by atoms with Gasteiger partial charge < -0.3 is 20.1 Å². The highest BCUT2D eigenvalue weighted by Gasteiger charge is 2.37. The molecule has 11 heteroatoms. The van der Waals surface area contributed by atoms with Crippen LogP contribution in [0.4, 0.5) is 5.00 Å². The minimum Gasteiger partial charge on any atom is -0.465 e. The molecular weight excluding hydrogens is 439 g/mol. The number of thiophene rings is 1. The highest BCUT2D eigenvalue weighted by Crippen LogP contribution is 2.38. The van der Waals surface area contributed by atoms with Gasteiger partial charge in [-0.1, -0.05) is 48.7 Å². The first kappa shape index (κ1) is 23.8. The minimum atomic E-state index is -1.93. The Bertz CT molecular complexity index is 716. The zero-order chi connectivity index (χ0) is 20.9. The van der Waals surface area contributed by atoms with Gasteiger partial charge in [0.05, 0.1) is 19.3 Å². The molecule has 0 aliphatic heterocycles. The SMILES string of the molecule is CCOC(=O)c1sc(N[C@@H](NC(=O)C(C)C)C(Cl)(Cl)Cl)c(C(=O)OC)c1C. The van der Waals surface area contributed by atoms with E-state index in [1.165, 1.54) is 7.11 Å². The lowest BCUT2D eigenvalue weighted by Crippen LogP contribution is -2.50. The third kappa shape index (κ3) is 6.14. The van der Waals surface area contributed by atoms with Crippen LogP contribution in [0.3, 0.4) is 0 Å². The van der Waals surface area contributed by atoms with Crippen molar-refractivity contribution in [2.24, 2.45) is 5.92 Å². The molecule has 0 aliphatic carbocycles. The topological polar surface area (TPSA) is 93.7 Å². The molecule has 2 N–H and O–H groups in total. The van der Waals surface area contributed by atoms with Crippen LogP contribution < -0.4 is 10.6 Å². The molecule has 0 aliphatic rings. The van der Waals surface area contributed by atoms with Gasteiger partial charge in [0.15, 0.2) is 0 Å². The average Bonchev–Trinajstić information content (AvgIpc) is 2.89. The fourth-order valence-electron chi connectivity index (χ4n) is 1.99. The molecule has 1 aromatic rings. The van der Waals surface area contributed by atoms with E-state index in [0.29, 0.717) is 5.56 Å². The third-order valence-corrected chi connectivity index (χ3v) is 5.27. The molecule has 0 saturated heterocycles. The summed E-state index contributed by atoms with van der Waals surface area (Å²) in [6.07, 6.45) is -1.16. The van der Waals surface area contributed by atoms with Gasteiger partial charge in [0.25, 0.3) is 0 Å². The molecule has 7 nitrogen and oxygen atoms in total. The van der Waals surface area contributed by atoms with Crippen molar-refractivity contribution in [2.75, 3.05) is 19.0 Å². The van der Waals surface area contributed by atoms with Gasteiger partial charge in [0.2, 0.25) is 9.70 Å². The van der Waals surface area contributed by atoms with Crippen molar-refractivity contribution in [3.63, 3.8) is 0 Å². The number of carbonyl (C=O) groups is 3. The third-order valence-electron chi connectivity index (χ3n) is 3.41. The minimum absolute atomic E-state index is 0.101. The van der Waals surface area contributed by atoms with Crippen molar-refractivity contribution in [2.45, 2.75) is 37.7 Å². The maximum Gasteiger partial charge on any atom is 0.348 e. The predicted octanol–water partition coefficient (Wildman–Crippen LogP) is 3.90. The van der Waals surface area contributed by atoms with Crippen LogP contribution >= 0.6 is 46.1 Å². The van der Waals surface area contributed by atoms with Gasteiger partial charge in [-0.05, 0) is 19.4 Å². The summed E-state index contributed by atoms with van der Waals surface area (Å²) in [6, 6.07) is 0. The van der Waals surface area contributed by atoms with E-state index in [2.05, 4.69) is 10.6 Å². The molecule has 1 atom stereocenters. The Morgan fingerprint density at radius 2 is 1.78 bits per heavy atom. The summed E-state index contributed by atoms with van der Waals surface area (Å²) in [6.45, 7) is 6.78. The van der Waals surface area contributed by atoms with Crippen LogP contribution in [0, 0.1) is 12.8 Å². The fourth-order valence-corrected chi connectivity index (χ4v) is 3.44. The Balaban J connectivity index is 3.35. The maximum absolute atomic E-state index is 12.2. The standard InChI is InChI=1S/C16H21Cl3N2O5S/c1-6-26-14(24)10-8(4)9(13(23)25-5)12(27-10)21-15(16(17,18)19)20-11(22)7(2)3/h7,15,21H,6H2,1-5H3,(H,20,22)/t15-/m1/s1. The van der Waals surface area contributed by atoms with Gasteiger partial charge in [-0.3, -0.25) is 4.79 Å². The van der Waals surface area contributed by atoms with Crippen LogP contribution in [0.5, 0.6) is 0 Å². The molecule has 1 amide bonds. The van der Waals surface area contributed by atoms with Crippen LogP contribution in [0.25, 0.3) is 0 Å². The number of esters is 2. The van der Waals surface area contributed by atoms with Crippen LogP contribution in [0.1, 0.15) is 46.4 Å². The highest BCUT2D eigenvalue weighted by atomic mass is 35.6. The molecule has 1 heterocycles. The van der Waals surface area contributed by atoms with E-state index in [-0.39, 0.29) is 33.9 Å². The summed E-state index contributed by atoms with van der Waals surface area (Å²) >= 11 is 18.9. The summed E-state index contributed by atoms with van der Waals surface area (Å²) in [4.78, 5) is 36.6. The molecule has 0 bridgehead atoms. The van der Waals surface area contributed by atoms with E-state index in [0.717, 1.165) is 11.3 Å². The van der Waals surface area contributed by atoms with E-state index in [9.17, 15) is 14.4 Å². The van der Waals surface area contributed by atoms with E-state index < -0.39 is 21.9 Å². The summed E-state index contributed by atoms with van der Waals surface area (Å²) < 4.78 is 7.86. The van der Waals surface area contributed by atoms with Gasteiger partial charge >= 0.3 is 11.9 Å². The summed E-state index contributed by atoms with van der Waals surface area (Å²) in [7, 11) is 1.21. The van der Waals surface area contributed by atoms with Crippen molar-refractivity contribution in [1.82, 2.24) is 5.32 Å². The Labute approximate surface area is 176 Å². The lowest BCUT2D eigenvalue weighted by molar-refractivity contribution is -0.124. The Morgan fingerprint density at radius 3 is 2.22 bits per heavy atom. The smallest absolute Gasteiger partial charge is 0.348 e. The normalized spacial score (nSPS) is 12.5. The molecule has 27 heavy (non-hydrogen) atoms. The van der Waals surface area contributed by atoms with Crippen LogP contribution in [-0.2, 0) is 14.3 Å². The van der Waals surface area contributed by atoms with Crippen molar-refractivity contribution in [3.8, 4) is 0 Å². The van der Waals surface area contributed by atoms with Crippen molar-refractivity contribution >= 4 is 69.0 Å². The second-order valence-corrected chi connectivity index (χ2v) is 9.14. The molecule has 0 spiro atoms. The van der Waals surface area contributed by atoms with Crippen molar-refractivity contribution in [3.05, 3.63) is 16.0 Å². The quantitative estimate of drug-likeness (QED) is 0.365. The van der Waals surface area contributed by atoms with Gasteiger partial charge in [-0.25, -0.2) is 9.59 Å². The molecule has 0 saturated carbocycles. The summed E-state index contributed by atoms with van der Waals surface area (Å²) in [5.41, 5.74) is 0.467. The Hall–Kier alpha value is -1.22. The highest BCUT2D eigenvalue weighted by molar-refractivity contribution is 7.18. The van der Waals surface area contributed by atoms with E-state index >= 15 is 0 Å². The molecule has 152 valence electrons. The first-order valence-electron chi connectivity index (χ1n) is 7.96. The second-order valence-electron chi connectivity index (χ2n) is 5.75. The summed E-state index contributed by atoms with van der Waals surface area (Å²) in [5, 5.41) is 5.60. The monoisotopic (exact) mass is 458 g/mol. The lowest BCUT2D eigenvalue weighted by atomic mass is 10.1. The first-order chi connectivity index (χ1) is 12.4. The van der Waals surface area contributed by atoms with Crippen molar-refractivity contribution in [1.29, 1.82) is 0 Å². The zero-order valence-electron chi connectivity index (χ0n) is 15.4. The Morgan fingerprint density at radius 1 is 1.19 bits per heavy atom. The zero-order valence-corrected chi connectivity index (χ0v) is 18.5. The van der Waals surface area contributed by atoms with Gasteiger partial charge in [-0.15, -0.1) is 11.3 Å². The molecule has 1 aromatic heterocycles. The second kappa shape index (κ2) is 9.82. The van der Waals surface area contributed by atoms with E-state index in [1.54, 1.807) is 27.7 Å². The summed E-state index contributed by atoms with van der Waals surface area (Å²) in [5.74, 6) is -1.99. The number of methoxy groups -OCH3 is 1. The Kier molecular flexibility index (Phi) is 8.66. The number of carbonyl (C=O) groups excluding carboxylic acids is 3. The van der Waals surface area contributed by atoms with Crippen LogP contribution in [0.15, 0.2) is 0 Å². The average molecular weight is 460 g/mol. The van der Waals surface area contributed by atoms with Gasteiger partial charge in [0, 0.05) is 5.92 Å².